The highest BCUT2D eigenvalue weighted by Crippen LogP contribution is 2.44. The number of para-hydroxylation sites is 4. The Bertz CT molecular complexity index is 4290. The van der Waals surface area contributed by atoms with E-state index in [9.17, 15) is 0 Å². The van der Waals surface area contributed by atoms with Gasteiger partial charge in [-0.25, -0.2) is 15.0 Å². The van der Waals surface area contributed by atoms with Gasteiger partial charge in [-0.05, 0) is 76.5 Å². The van der Waals surface area contributed by atoms with Crippen LogP contribution in [0, 0.1) is 0 Å². The number of rotatable bonds is 6. The molecule has 4 heterocycles. The van der Waals surface area contributed by atoms with Crippen molar-refractivity contribution in [1.29, 1.82) is 0 Å². The molecule has 0 unspecified atom stereocenters. The second-order valence-electron chi connectivity index (χ2n) is 17.1. The van der Waals surface area contributed by atoms with Crippen molar-refractivity contribution in [3.63, 3.8) is 0 Å². The first-order valence-electron chi connectivity index (χ1n) is 22.6. The maximum absolute atomic E-state index is 5.50. The van der Waals surface area contributed by atoms with Crippen molar-refractivity contribution in [2.45, 2.75) is 0 Å². The minimum atomic E-state index is 0.615. The molecule has 0 aliphatic heterocycles. The molecule has 10 aromatic carbocycles. The van der Waals surface area contributed by atoms with Crippen molar-refractivity contribution in [3.8, 4) is 56.7 Å². The molecule has 5 nitrogen and oxygen atoms in total. The molecule has 0 amide bonds. The molecule has 0 radical (unpaired) electrons. The predicted octanol–water partition coefficient (Wildman–Crippen LogP) is 16.3. The highest BCUT2D eigenvalue weighted by Gasteiger charge is 2.24. The van der Waals surface area contributed by atoms with Gasteiger partial charge in [0.25, 0.3) is 0 Å². The summed E-state index contributed by atoms with van der Waals surface area (Å²) in [5.74, 6) is 1.89. The number of thiophene rings is 1. The van der Waals surface area contributed by atoms with Gasteiger partial charge >= 0.3 is 0 Å². The van der Waals surface area contributed by atoms with E-state index in [4.69, 9.17) is 15.0 Å². The molecule has 0 aliphatic rings. The predicted molar refractivity (Wildman–Crippen MR) is 281 cm³/mol. The quantitative estimate of drug-likeness (QED) is 0.167. The Hall–Kier alpha value is -8.71. The van der Waals surface area contributed by atoms with E-state index in [0.717, 1.165) is 71.0 Å². The average Bonchev–Trinajstić information content (AvgIpc) is 4.07. The molecule has 0 spiro atoms. The second kappa shape index (κ2) is 14.9. The van der Waals surface area contributed by atoms with Gasteiger partial charge in [0.15, 0.2) is 17.5 Å². The third-order valence-electron chi connectivity index (χ3n) is 13.3. The highest BCUT2D eigenvalue weighted by molar-refractivity contribution is 7.26. The molecule has 6 heteroatoms. The molecule has 0 saturated heterocycles. The summed E-state index contributed by atoms with van der Waals surface area (Å²) in [6.07, 6.45) is 0. The number of benzene rings is 10. The van der Waals surface area contributed by atoms with Crippen molar-refractivity contribution >= 4 is 85.9 Å². The molecular weight excluding hydrogens is 835 g/mol. The maximum atomic E-state index is 5.50. The summed E-state index contributed by atoms with van der Waals surface area (Å²) >= 11 is 1.79. The SMILES string of the molecule is c1ccc(-c2cccc(-n3c4ccccc4c4cccc(-n5c6ccccc6c6cccc(-c7nc(-c8ccc9ccccc9c8)nc(-c8cccc9c8sc8ccccc89)n7)c65)c43)c2)cc1. The lowest BCUT2D eigenvalue weighted by molar-refractivity contribution is 1.07. The highest BCUT2D eigenvalue weighted by atomic mass is 32.1. The summed E-state index contributed by atoms with van der Waals surface area (Å²) in [6.45, 7) is 0. The average molecular weight is 872 g/mol. The van der Waals surface area contributed by atoms with Gasteiger partial charge in [0, 0.05) is 64.1 Å². The van der Waals surface area contributed by atoms with Crippen molar-refractivity contribution in [1.82, 2.24) is 24.1 Å². The van der Waals surface area contributed by atoms with E-state index in [2.05, 4.69) is 234 Å². The standard InChI is InChI=1S/C61H37N5S/c1-2-16-38(17-3-1)41-20-12-21-43(37-41)65-52-30-9-6-23-45(52)48-26-15-32-54(57(48)65)66-53-31-10-7-22-44(53)47-25-13-28-50(56(47)66)60-62-59(42-35-34-39-18-4-5-19-40(39)36-42)63-61(64-60)51-29-14-27-49-46-24-8-11-33-55(46)67-58(49)51/h1-37H. The van der Waals surface area contributed by atoms with Crippen LogP contribution >= 0.6 is 11.3 Å². The topological polar surface area (TPSA) is 48.5 Å². The van der Waals surface area contributed by atoms with Crippen LogP contribution in [0.2, 0.25) is 0 Å². The van der Waals surface area contributed by atoms with Gasteiger partial charge in [0.2, 0.25) is 0 Å². The molecule has 14 rings (SSSR count). The van der Waals surface area contributed by atoms with Crippen LogP contribution in [0.5, 0.6) is 0 Å². The van der Waals surface area contributed by atoms with E-state index in [0.29, 0.717) is 17.5 Å². The Kier molecular flexibility index (Phi) is 8.38. The first-order valence-corrected chi connectivity index (χ1v) is 23.4. The van der Waals surface area contributed by atoms with Gasteiger partial charge in [-0.15, -0.1) is 11.3 Å². The van der Waals surface area contributed by atoms with E-state index in [1.807, 2.05) is 0 Å². The molecule has 0 bridgehead atoms. The van der Waals surface area contributed by atoms with Crippen molar-refractivity contribution < 1.29 is 0 Å². The number of hydrogen-bond acceptors (Lipinski definition) is 4. The third kappa shape index (κ3) is 5.90. The normalized spacial score (nSPS) is 11.9. The van der Waals surface area contributed by atoms with Crippen molar-refractivity contribution in [2.75, 3.05) is 0 Å². The zero-order chi connectivity index (χ0) is 44.0. The first kappa shape index (κ1) is 37.6. The number of aromatic nitrogens is 5. The largest absolute Gasteiger partial charge is 0.307 e. The van der Waals surface area contributed by atoms with Crippen LogP contribution < -0.4 is 0 Å². The zero-order valence-corrected chi connectivity index (χ0v) is 36.8. The van der Waals surface area contributed by atoms with Gasteiger partial charge in [0.05, 0.1) is 27.8 Å². The van der Waals surface area contributed by atoms with E-state index < -0.39 is 0 Å². The molecule has 312 valence electrons. The van der Waals surface area contributed by atoms with E-state index >= 15 is 0 Å². The Morgan fingerprint density at radius 1 is 0.328 bits per heavy atom. The maximum Gasteiger partial charge on any atom is 0.166 e. The van der Waals surface area contributed by atoms with Gasteiger partial charge in [-0.1, -0.05) is 170 Å². The fraction of sp³-hybridized carbons (Fsp3) is 0. The lowest BCUT2D eigenvalue weighted by atomic mass is 10.1. The minimum Gasteiger partial charge on any atom is -0.307 e. The number of hydrogen-bond donors (Lipinski definition) is 0. The van der Waals surface area contributed by atoms with Gasteiger partial charge in [-0.3, -0.25) is 0 Å². The fourth-order valence-corrected chi connectivity index (χ4v) is 11.6. The first-order chi connectivity index (χ1) is 33.2. The molecule has 0 aliphatic carbocycles. The minimum absolute atomic E-state index is 0.615. The summed E-state index contributed by atoms with van der Waals surface area (Å²) < 4.78 is 7.29. The molecule has 14 aromatic rings. The molecular formula is C61H37N5S. The number of fused-ring (bicyclic) bond motifs is 10. The molecule has 67 heavy (non-hydrogen) atoms. The van der Waals surface area contributed by atoms with E-state index in [1.165, 1.54) is 42.8 Å². The lowest BCUT2D eigenvalue weighted by Crippen LogP contribution is -2.03. The molecule has 0 saturated carbocycles. The van der Waals surface area contributed by atoms with Crippen LogP contribution in [-0.4, -0.2) is 24.1 Å². The Balaban J connectivity index is 1.07. The van der Waals surface area contributed by atoms with Gasteiger partial charge in [0.1, 0.15) is 0 Å². The molecule has 0 atom stereocenters. The summed E-state index contributed by atoms with van der Waals surface area (Å²) in [7, 11) is 0. The van der Waals surface area contributed by atoms with Crippen LogP contribution in [0.15, 0.2) is 224 Å². The van der Waals surface area contributed by atoms with Crippen LogP contribution in [0.1, 0.15) is 0 Å². The summed E-state index contributed by atoms with van der Waals surface area (Å²) in [5.41, 5.74) is 11.8. The molecule has 4 aromatic heterocycles. The van der Waals surface area contributed by atoms with Crippen LogP contribution in [0.4, 0.5) is 0 Å². The van der Waals surface area contributed by atoms with Crippen LogP contribution in [0.3, 0.4) is 0 Å². The molecule has 0 N–H and O–H groups in total. The number of nitrogens with zero attached hydrogens (tertiary/aromatic N) is 5. The lowest BCUT2D eigenvalue weighted by Gasteiger charge is -2.16. The summed E-state index contributed by atoms with van der Waals surface area (Å²) in [4.78, 5) is 16.3. The zero-order valence-electron chi connectivity index (χ0n) is 36.0. The van der Waals surface area contributed by atoms with E-state index in [1.54, 1.807) is 11.3 Å². The second-order valence-corrected chi connectivity index (χ2v) is 18.2. The smallest absolute Gasteiger partial charge is 0.166 e. The van der Waals surface area contributed by atoms with Crippen LogP contribution in [-0.2, 0) is 0 Å². The third-order valence-corrected chi connectivity index (χ3v) is 14.6. The van der Waals surface area contributed by atoms with Crippen molar-refractivity contribution in [2.24, 2.45) is 0 Å². The van der Waals surface area contributed by atoms with Crippen LogP contribution in [0.25, 0.3) is 131 Å². The Morgan fingerprint density at radius 2 is 0.910 bits per heavy atom. The van der Waals surface area contributed by atoms with Gasteiger partial charge < -0.3 is 9.13 Å². The van der Waals surface area contributed by atoms with E-state index in [-0.39, 0.29) is 0 Å². The summed E-state index contributed by atoms with van der Waals surface area (Å²) in [6, 6.07) is 80.4. The fourth-order valence-electron chi connectivity index (χ4n) is 10.4. The Morgan fingerprint density at radius 3 is 1.73 bits per heavy atom. The van der Waals surface area contributed by atoms with Gasteiger partial charge in [-0.2, -0.15) is 0 Å². The Labute approximate surface area is 389 Å². The van der Waals surface area contributed by atoms with Crippen molar-refractivity contribution in [3.05, 3.63) is 224 Å². The summed E-state index contributed by atoms with van der Waals surface area (Å²) in [5, 5.41) is 9.40. The monoisotopic (exact) mass is 871 g/mol. The molecule has 0 fully saturated rings.